The van der Waals surface area contributed by atoms with Crippen molar-refractivity contribution in [2.75, 3.05) is 26.2 Å². The highest BCUT2D eigenvalue weighted by atomic mass is 35.5. The normalized spacial score (nSPS) is 17.1. The lowest BCUT2D eigenvalue weighted by molar-refractivity contribution is -0.121. The van der Waals surface area contributed by atoms with E-state index in [1.165, 1.54) is 0 Å². The molecule has 3 rings (SSSR count). The van der Waals surface area contributed by atoms with Crippen LogP contribution in [-0.4, -0.2) is 43.2 Å². The summed E-state index contributed by atoms with van der Waals surface area (Å²) < 4.78 is 5.78. The standard InChI is InChI=1S/C21H21Cl2N3O2/c22-19-6-5-17(9-20(19)23)13-26-7-8-28-18(14-26)12-25-21(27)10-15-1-3-16(11-24)4-2-15/h1-6,9,18H,7-8,10,12-14H2,(H,25,27). The van der Waals surface area contributed by atoms with Gasteiger partial charge in [0.1, 0.15) is 0 Å². The Morgan fingerprint density at radius 1 is 1.18 bits per heavy atom. The molecule has 1 saturated heterocycles. The van der Waals surface area contributed by atoms with E-state index < -0.39 is 0 Å². The lowest BCUT2D eigenvalue weighted by Gasteiger charge is -2.33. The Kier molecular flexibility index (Phi) is 7.30. The van der Waals surface area contributed by atoms with Crippen molar-refractivity contribution in [2.24, 2.45) is 0 Å². The monoisotopic (exact) mass is 417 g/mol. The number of carbonyl (C=O) groups is 1. The number of nitrogens with one attached hydrogen (secondary N) is 1. The summed E-state index contributed by atoms with van der Waals surface area (Å²) >= 11 is 12.1. The molecule has 5 nitrogen and oxygen atoms in total. The SMILES string of the molecule is N#Cc1ccc(CC(=O)NCC2CN(Cc3ccc(Cl)c(Cl)c3)CCO2)cc1. The molecule has 1 atom stereocenters. The highest BCUT2D eigenvalue weighted by molar-refractivity contribution is 6.42. The van der Waals surface area contributed by atoms with Gasteiger partial charge in [0, 0.05) is 26.2 Å². The van der Waals surface area contributed by atoms with Crippen molar-refractivity contribution in [3.05, 3.63) is 69.2 Å². The van der Waals surface area contributed by atoms with Crippen molar-refractivity contribution in [3.8, 4) is 6.07 Å². The van der Waals surface area contributed by atoms with E-state index in [1.807, 2.05) is 12.1 Å². The van der Waals surface area contributed by atoms with Crippen molar-refractivity contribution in [2.45, 2.75) is 19.1 Å². The zero-order valence-electron chi connectivity index (χ0n) is 15.3. The molecule has 1 N–H and O–H groups in total. The van der Waals surface area contributed by atoms with Crippen LogP contribution in [0.25, 0.3) is 0 Å². The number of carbonyl (C=O) groups excluding carboxylic acids is 1. The molecule has 1 unspecified atom stereocenters. The number of amides is 1. The Labute approximate surface area is 174 Å². The number of nitriles is 1. The maximum absolute atomic E-state index is 12.2. The van der Waals surface area contributed by atoms with Gasteiger partial charge in [0.05, 0.1) is 40.8 Å². The van der Waals surface area contributed by atoms with Gasteiger partial charge < -0.3 is 10.1 Å². The maximum Gasteiger partial charge on any atom is 0.224 e. The van der Waals surface area contributed by atoms with Crippen LogP contribution in [-0.2, 0) is 22.5 Å². The van der Waals surface area contributed by atoms with Crippen LogP contribution in [0.5, 0.6) is 0 Å². The Morgan fingerprint density at radius 3 is 2.64 bits per heavy atom. The second kappa shape index (κ2) is 9.90. The van der Waals surface area contributed by atoms with Crippen molar-refractivity contribution in [3.63, 3.8) is 0 Å². The van der Waals surface area contributed by atoms with Crippen molar-refractivity contribution < 1.29 is 9.53 Å². The average molecular weight is 418 g/mol. The van der Waals surface area contributed by atoms with Gasteiger partial charge in [-0.25, -0.2) is 0 Å². The van der Waals surface area contributed by atoms with Crippen LogP contribution in [0.15, 0.2) is 42.5 Å². The number of halogens is 2. The van der Waals surface area contributed by atoms with Crippen molar-refractivity contribution in [1.29, 1.82) is 5.26 Å². The molecule has 1 heterocycles. The third-order valence-electron chi connectivity index (χ3n) is 4.59. The van der Waals surface area contributed by atoms with E-state index in [1.54, 1.807) is 30.3 Å². The average Bonchev–Trinajstić information content (AvgIpc) is 2.70. The second-order valence-corrected chi connectivity index (χ2v) is 7.58. The number of ether oxygens (including phenoxy) is 1. The lowest BCUT2D eigenvalue weighted by Crippen LogP contribution is -2.47. The van der Waals surface area contributed by atoms with Gasteiger partial charge >= 0.3 is 0 Å². The van der Waals surface area contributed by atoms with E-state index in [4.69, 9.17) is 33.2 Å². The quantitative estimate of drug-likeness (QED) is 0.781. The predicted molar refractivity (Wildman–Crippen MR) is 109 cm³/mol. The first-order valence-corrected chi connectivity index (χ1v) is 9.82. The lowest BCUT2D eigenvalue weighted by atomic mass is 10.1. The van der Waals surface area contributed by atoms with Crippen LogP contribution < -0.4 is 5.32 Å². The second-order valence-electron chi connectivity index (χ2n) is 6.77. The molecule has 0 spiro atoms. The van der Waals surface area contributed by atoms with Gasteiger partial charge in [-0.05, 0) is 35.4 Å². The zero-order chi connectivity index (χ0) is 19.9. The van der Waals surface area contributed by atoms with E-state index in [0.29, 0.717) is 28.8 Å². The molecule has 1 aliphatic heterocycles. The summed E-state index contributed by atoms with van der Waals surface area (Å²) in [4.78, 5) is 14.5. The number of nitrogens with zero attached hydrogens (tertiary/aromatic N) is 2. The highest BCUT2D eigenvalue weighted by Crippen LogP contribution is 2.23. The summed E-state index contributed by atoms with van der Waals surface area (Å²) in [6.07, 6.45) is 0.229. The predicted octanol–water partition coefficient (Wildman–Crippen LogP) is 3.42. The van der Waals surface area contributed by atoms with Crippen LogP contribution in [0.1, 0.15) is 16.7 Å². The maximum atomic E-state index is 12.2. The fraction of sp³-hybridized carbons (Fsp3) is 0.333. The molecule has 0 aliphatic carbocycles. The third-order valence-corrected chi connectivity index (χ3v) is 5.33. The van der Waals surface area contributed by atoms with Crippen molar-refractivity contribution >= 4 is 29.1 Å². The number of morpholine rings is 1. The van der Waals surface area contributed by atoms with Crippen LogP contribution in [0.3, 0.4) is 0 Å². The largest absolute Gasteiger partial charge is 0.374 e. The Hall–Kier alpha value is -2.10. The molecule has 1 fully saturated rings. The van der Waals surface area contributed by atoms with Crippen LogP contribution >= 0.6 is 23.2 Å². The molecular formula is C21H21Cl2N3O2. The minimum absolute atomic E-state index is 0.0542. The Morgan fingerprint density at radius 2 is 1.93 bits per heavy atom. The minimum atomic E-state index is -0.0603. The molecule has 28 heavy (non-hydrogen) atoms. The van der Waals surface area contributed by atoms with Crippen LogP contribution in [0, 0.1) is 11.3 Å². The molecule has 146 valence electrons. The van der Waals surface area contributed by atoms with Gasteiger partial charge in [-0.2, -0.15) is 5.26 Å². The fourth-order valence-corrected chi connectivity index (χ4v) is 3.44. The topological polar surface area (TPSA) is 65.4 Å². The molecular weight excluding hydrogens is 397 g/mol. The molecule has 2 aromatic rings. The van der Waals surface area contributed by atoms with E-state index in [2.05, 4.69) is 16.3 Å². The van der Waals surface area contributed by atoms with E-state index >= 15 is 0 Å². The third kappa shape index (κ3) is 5.95. The van der Waals surface area contributed by atoms with Gasteiger partial charge in [-0.3, -0.25) is 9.69 Å². The molecule has 2 aromatic carbocycles. The van der Waals surface area contributed by atoms with Crippen LogP contribution in [0.2, 0.25) is 10.0 Å². The number of benzene rings is 2. The number of hydrogen-bond acceptors (Lipinski definition) is 4. The summed E-state index contributed by atoms with van der Waals surface area (Å²) in [5.41, 5.74) is 2.56. The summed E-state index contributed by atoms with van der Waals surface area (Å²) in [5, 5.41) is 12.9. The first-order valence-electron chi connectivity index (χ1n) is 9.07. The first-order chi connectivity index (χ1) is 13.5. The first kappa shape index (κ1) is 20.6. The molecule has 0 radical (unpaired) electrons. The Balaban J connectivity index is 1.45. The zero-order valence-corrected chi connectivity index (χ0v) is 16.8. The van der Waals surface area contributed by atoms with Gasteiger partial charge in [-0.15, -0.1) is 0 Å². The smallest absolute Gasteiger partial charge is 0.224 e. The highest BCUT2D eigenvalue weighted by Gasteiger charge is 2.21. The van der Waals surface area contributed by atoms with Crippen LogP contribution in [0.4, 0.5) is 0 Å². The molecule has 0 saturated carbocycles. The Bertz CT molecular complexity index is 865. The molecule has 1 aliphatic rings. The summed E-state index contributed by atoms with van der Waals surface area (Å²) in [6, 6.07) is 14.8. The van der Waals surface area contributed by atoms with E-state index in [9.17, 15) is 4.79 Å². The minimum Gasteiger partial charge on any atom is -0.374 e. The van der Waals surface area contributed by atoms with Crippen molar-refractivity contribution in [1.82, 2.24) is 10.2 Å². The summed E-state index contributed by atoms with van der Waals surface area (Å²) in [5.74, 6) is -0.0603. The molecule has 0 bridgehead atoms. The van der Waals surface area contributed by atoms with Gasteiger partial charge in [0.2, 0.25) is 5.91 Å². The summed E-state index contributed by atoms with van der Waals surface area (Å²) in [7, 11) is 0. The molecule has 0 aromatic heterocycles. The molecule has 1 amide bonds. The fourth-order valence-electron chi connectivity index (χ4n) is 3.12. The van der Waals surface area contributed by atoms with Gasteiger partial charge in [0.15, 0.2) is 0 Å². The van der Waals surface area contributed by atoms with Gasteiger partial charge in [0.25, 0.3) is 0 Å². The number of rotatable bonds is 6. The summed E-state index contributed by atoms with van der Waals surface area (Å²) in [6.45, 7) is 3.41. The number of hydrogen-bond donors (Lipinski definition) is 1. The van der Waals surface area contributed by atoms with Gasteiger partial charge in [-0.1, -0.05) is 41.4 Å². The van der Waals surface area contributed by atoms with E-state index in [0.717, 1.165) is 30.8 Å². The molecule has 7 heteroatoms. The van der Waals surface area contributed by atoms with E-state index in [-0.39, 0.29) is 18.4 Å².